The second-order valence-electron chi connectivity index (χ2n) is 8.95. The van der Waals surface area contributed by atoms with Crippen LogP contribution >= 0.6 is 11.8 Å². The first kappa shape index (κ1) is 36.2. The van der Waals surface area contributed by atoms with Gasteiger partial charge in [0.1, 0.15) is 5.82 Å². The highest BCUT2D eigenvalue weighted by Crippen LogP contribution is 2.22. The van der Waals surface area contributed by atoms with Crippen molar-refractivity contribution in [2.45, 2.75) is 96.3 Å². The number of unbranched alkanes of at least 4 members (excludes halogenated alkanes) is 4. The standard InChI is InChI=1S/C25H52N4O7SSi2/c1-8-12-13-14-15-18-23-27-24(37-20-17-22-38(31-5,32-6)33-7)28-29(23)25(30)26-19-16-21-39(34-9-2,35-10-3)36-11-4/h8-22H2,1-7H3,(H,26,30). The largest absolute Gasteiger partial charge is 0.500 e. The zero-order valence-corrected chi connectivity index (χ0v) is 28.0. The summed E-state index contributed by atoms with van der Waals surface area (Å²) in [4.78, 5) is 17.8. The fraction of sp³-hybridized carbons (Fsp3) is 0.880. The number of hydrogen-bond donors (Lipinski definition) is 1. The molecule has 0 aliphatic carbocycles. The van der Waals surface area contributed by atoms with Crippen LogP contribution in [0.25, 0.3) is 0 Å². The SMILES string of the molecule is CCCCCCCc1nc(SCCC[Si](OC)(OC)OC)nn1C(=O)NCCC[Si](OCC)(OCC)OCC. The first-order valence-corrected chi connectivity index (χ1v) is 19.2. The van der Waals surface area contributed by atoms with E-state index in [1.807, 2.05) is 20.8 Å². The van der Waals surface area contributed by atoms with E-state index in [0.717, 1.165) is 25.0 Å². The molecule has 0 bridgehead atoms. The molecule has 11 nitrogen and oxygen atoms in total. The highest BCUT2D eigenvalue weighted by molar-refractivity contribution is 7.99. The molecule has 0 aliphatic rings. The maximum atomic E-state index is 13.1. The highest BCUT2D eigenvalue weighted by atomic mass is 32.2. The monoisotopic (exact) mass is 608 g/mol. The van der Waals surface area contributed by atoms with Gasteiger partial charge < -0.3 is 31.9 Å². The number of rotatable bonds is 24. The molecule has 0 radical (unpaired) electrons. The topological polar surface area (TPSA) is 115 Å². The van der Waals surface area contributed by atoms with Crippen molar-refractivity contribution in [2.75, 3.05) is 53.4 Å². The molecule has 0 unspecified atom stereocenters. The maximum Gasteiger partial charge on any atom is 0.500 e. The van der Waals surface area contributed by atoms with Gasteiger partial charge in [-0.05, 0) is 40.0 Å². The summed E-state index contributed by atoms with van der Waals surface area (Å²) in [5, 5.41) is 8.14. The molecule has 0 saturated carbocycles. The number of hydrogen-bond acceptors (Lipinski definition) is 10. The summed E-state index contributed by atoms with van der Waals surface area (Å²) >= 11 is 1.53. The molecule has 1 rings (SSSR count). The fourth-order valence-corrected chi connectivity index (χ4v) is 9.55. The zero-order chi connectivity index (χ0) is 29.0. The summed E-state index contributed by atoms with van der Waals surface area (Å²) in [6, 6.07) is 1.07. The Morgan fingerprint density at radius 2 is 1.41 bits per heavy atom. The molecular weight excluding hydrogens is 557 g/mol. The Labute approximate surface area is 242 Å². The Bertz CT molecular complexity index is 762. The van der Waals surface area contributed by atoms with E-state index in [4.69, 9.17) is 31.5 Å². The summed E-state index contributed by atoms with van der Waals surface area (Å²) < 4.78 is 35.7. The van der Waals surface area contributed by atoms with E-state index in [1.165, 1.54) is 35.7 Å². The van der Waals surface area contributed by atoms with Gasteiger partial charge in [0, 0.05) is 72.0 Å². The molecule has 1 N–H and O–H groups in total. The Hall–Kier alpha value is -0.846. The number of aromatic nitrogens is 3. The van der Waals surface area contributed by atoms with E-state index in [9.17, 15) is 4.79 Å². The predicted octanol–water partition coefficient (Wildman–Crippen LogP) is 5.15. The number of nitrogens with one attached hydrogen (secondary N) is 1. The Kier molecular flexibility index (Phi) is 19.4. The minimum Gasteiger partial charge on any atom is -0.377 e. The number of carbonyl (C=O) groups excluding carboxylic acids is 1. The van der Waals surface area contributed by atoms with Crippen LogP contribution in [0.3, 0.4) is 0 Å². The Morgan fingerprint density at radius 3 is 1.97 bits per heavy atom. The third-order valence-corrected chi connectivity index (χ3v) is 13.1. The lowest BCUT2D eigenvalue weighted by Gasteiger charge is -2.28. The van der Waals surface area contributed by atoms with E-state index in [0.29, 0.717) is 62.3 Å². The van der Waals surface area contributed by atoms with Gasteiger partial charge in [0.05, 0.1) is 0 Å². The molecular formula is C25H52N4O7SSi2. The molecule has 1 heterocycles. The van der Waals surface area contributed by atoms with Gasteiger partial charge in [0.2, 0.25) is 5.16 Å². The first-order chi connectivity index (χ1) is 18.9. The lowest BCUT2D eigenvalue weighted by molar-refractivity contribution is 0.0708. The Morgan fingerprint density at radius 1 is 0.821 bits per heavy atom. The Balaban J connectivity index is 2.78. The van der Waals surface area contributed by atoms with Crippen LogP contribution in [-0.4, -0.2) is 91.9 Å². The quantitative estimate of drug-likeness (QED) is 0.0960. The van der Waals surface area contributed by atoms with E-state index in [1.54, 1.807) is 21.3 Å². The van der Waals surface area contributed by atoms with Crippen LogP contribution in [0, 0.1) is 0 Å². The summed E-state index contributed by atoms with van der Waals surface area (Å²) in [7, 11) is -0.484. The number of thioether (sulfide) groups is 1. The minimum atomic E-state index is -2.74. The van der Waals surface area contributed by atoms with Gasteiger partial charge in [-0.2, -0.15) is 4.68 Å². The van der Waals surface area contributed by atoms with Crippen molar-refractivity contribution in [3.05, 3.63) is 5.82 Å². The smallest absolute Gasteiger partial charge is 0.377 e. The molecule has 0 atom stereocenters. The second-order valence-corrected chi connectivity index (χ2v) is 15.8. The third-order valence-electron chi connectivity index (χ3n) is 6.17. The summed E-state index contributed by atoms with van der Waals surface area (Å²) in [6.07, 6.45) is 7.92. The van der Waals surface area contributed by atoms with Gasteiger partial charge in [-0.3, -0.25) is 0 Å². The molecule has 1 aromatic rings. The van der Waals surface area contributed by atoms with Crippen LogP contribution < -0.4 is 5.32 Å². The maximum absolute atomic E-state index is 13.1. The molecule has 14 heteroatoms. The molecule has 0 spiro atoms. The number of nitrogens with zero attached hydrogens (tertiary/aromatic N) is 3. The molecule has 228 valence electrons. The van der Waals surface area contributed by atoms with Gasteiger partial charge in [0.25, 0.3) is 0 Å². The third kappa shape index (κ3) is 13.1. The molecule has 0 aliphatic heterocycles. The molecule has 0 fully saturated rings. The minimum absolute atomic E-state index is 0.265. The van der Waals surface area contributed by atoms with Crippen molar-refractivity contribution in [1.82, 2.24) is 20.1 Å². The average molecular weight is 609 g/mol. The summed E-state index contributed by atoms with van der Waals surface area (Å²) in [5.41, 5.74) is 0. The number of aryl methyl sites for hydroxylation is 1. The average Bonchev–Trinajstić information content (AvgIpc) is 3.35. The van der Waals surface area contributed by atoms with Gasteiger partial charge in [0.15, 0.2) is 0 Å². The van der Waals surface area contributed by atoms with Crippen molar-refractivity contribution in [1.29, 1.82) is 0 Å². The summed E-state index contributed by atoms with van der Waals surface area (Å²) in [6.45, 7) is 10.1. The lowest BCUT2D eigenvalue weighted by atomic mass is 10.1. The number of carbonyl (C=O) groups is 1. The van der Waals surface area contributed by atoms with Gasteiger partial charge in [-0.25, -0.2) is 9.78 Å². The van der Waals surface area contributed by atoms with Crippen molar-refractivity contribution in [2.24, 2.45) is 0 Å². The molecule has 1 amide bonds. The lowest BCUT2D eigenvalue weighted by Crippen LogP contribution is -2.46. The van der Waals surface area contributed by atoms with Crippen LogP contribution in [-0.2, 0) is 33.0 Å². The molecule has 39 heavy (non-hydrogen) atoms. The zero-order valence-electron chi connectivity index (χ0n) is 25.2. The van der Waals surface area contributed by atoms with Crippen LogP contribution in [0.15, 0.2) is 5.16 Å². The number of amides is 1. The normalized spacial score (nSPS) is 12.3. The van der Waals surface area contributed by atoms with E-state index in [2.05, 4.69) is 17.3 Å². The van der Waals surface area contributed by atoms with E-state index in [-0.39, 0.29) is 6.03 Å². The first-order valence-electron chi connectivity index (χ1n) is 14.3. The van der Waals surface area contributed by atoms with Crippen molar-refractivity contribution >= 4 is 35.4 Å². The highest BCUT2D eigenvalue weighted by Gasteiger charge is 2.39. The molecule has 1 aromatic heterocycles. The summed E-state index contributed by atoms with van der Waals surface area (Å²) in [5.74, 6) is 1.47. The van der Waals surface area contributed by atoms with Crippen molar-refractivity contribution in [3.8, 4) is 0 Å². The predicted molar refractivity (Wildman–Crippen MR) is 158 cm³/mol. The van der Waals surface area contributed by atoms with Crippen LogP contribution in [0.4, 0.5) is 4.79 Å². The fourth-order valence-electron chi connectivity index (χ4n) is 4.18. The van der Waals surface area contributed by atoms with Crippen LogP contribution in [0.2, 0.25) is 12.1 Å². The molecule has 0 aromatic carbocycles. The van der Waals surface area contributed by atoms with Crippen molar-refractivity contribution in [3.63, 3.8) is 0 Å². The van der Waals surface area contributed by atoms with Gasteiger partial charge in [-0.15, -0.1) is 5.10 Å². The second kappa shape index (κ2) is 20.9. The van der Waals surface area contributed by atoms with E-state index < -0.39 is 17.6 Å². The van der Waals surface area contributed by atoms with Crippen molar-refractivity contribution < 1.29 is 31.4 Å². The van der Waals surface area contributed by atoms with Crippen LogP contribution in [0.5, 0.6) is 0 Å². The van der Waals surface area contributed by atoms with Gasteiger partial charge >= 0.3 is 23.6 Å². The van der Waals surface area contributed by atoms with Crippen LogP contribution in [0.1, 0.15) is 78.5 Å². The van der Waals surface area contributed by atoms with E-state index >= 15 is 0 Å². The molecule has 0 saturated heterocycles. The van der Waals surface area contributed by atoms with Gasteiger partial charge in [-0.1, -0.05) is 44.4 Å².